The fourth-order valence-electron chi connectivity index (χ4n) is 0.703. The molecule has 0 aliphatic carbocycles. The zero-order valence-corrected chi connectivity index (χ0v) is 6.73. The predicted octanol–water partition coefficient (Wildman–Crippen LogP) is 2.82. The van der Waals surface area contributed by atoms with Crippen LogP contribution in [0.5, 0.6) is 0 Å². The highest BCUT2D eigenvalue weighted by atomic mass is 32.1. The van der Waals surface area contributed by atoms with Gasteiger partial charge in [0.15, 0.2) is 0 Å². The summed E-state index contributed by atoms with van der Waals surface area (Å²) in [7, 11) is 0. The van der Waals surface area contributed by atoms with E-state index >= 15 is 0 Å². The molecule has 0 atom stereocenters. The molecule has 1 aromatic carbocycles. The van der Waals surface area contributed by atoms with Gasteiger partial charge in [-0.15, -0.1) is 17.5 Å². The summed E-state index contributed by atoms with van der Waals surface area (Å²) in [4.78, 5) is 10.4. The number of thiol groups is 1. The Hall–Kier alpha value is -0.900. The van der Waals surface area contributed by atoms with E-state index in [0.29, 0.717) is 10.5 Å². The van der Waals surface area contributed by atoms with Crippen LogP contribution in [0.1, 0.15) is 5.56 Å². The molecule has 0 aromatic heterocycles. The van der Waals surface area contributed by atoms with Gasteiger partial charge in [0.1, 0.15) is 11.5 Å². The molecule has 0 heterocycles. The average Bonchev–Trinajstić information content (AvgIpc) is 1.99. The van der Waals surface area contributed by atoms with E-state index in [2.05, 4.69) is 17.8 Å². The highest BCUT2D eigenvalue weighted by molar-refractivity contribution is 7.80. The lowest BCUT2D eigenvalue weighted by Gasteiger charge is -1.99. The first kappa shape index (κ1) is 8.20. The molecule has 0 unspecified atom stereocenters. The second kappa shape index (κ2) is 3.00. The second-order valence-electron chi connectivity index (χ2n) is 2.16. The van der Waals surface area contributed by atoms with Crippen molar-refractivity contribution in [1.82, 2.24) is 0 Å². The Balaban J connectivity index is 3.31. The molecule has 0 aliphatic heterocycles. The van der Waals surface area contributed by atoms with Gasteiger partial charge in [-0.05, 0) is 23.7 Å². The highest BCUT2D eigenvalue weighted by Crippen LogP contribution is 2.23. The van der Waals surface area contributed by atoms with E-state index in [1.54, 1.807) is 6.92 Å². The molecular weight excluding hydrogens is 165 g/mol. The Bertz CT molecular complexity index is 277. The Kier molecular flexibility index (Phi) is 2.24. The minimum atomic E-state index is -0.452. The summed E-state index contributed by atoms with van der Waals surface area (Å²) in [5, 5.41) is 2.59. The minimum Gasteiger partial charge on any atom is -0.207 e. The second-order valence-corrected chi connectivity index (χ2v) is 2.64. The van der Waals surface area contributed by atoms with Crippen LogP contribution in [0.15, 0.2) is 22.2 Å². The molecule has 0 amide bonds. The minimum absolute atomic E-state index is 0.0677. The molecule has 0 radical (unpaired) electrons. The van der Waals surface area contributed by atoms with Gasteiger partial charge in [-0.2, -0.15) is 0 Å². The van der Waals surface area contributed by atoms with Gasteiger partial charge >= 0.3 is 0 Å². The Labute approximate surface area is 68.8 Å². The molecule has 0 bridgehead atoms. The molecule has 0 aliphatic rings. The first-order valence-corrected chi connectivity index (χ1v) is 3.42. The molecule has 1 rings (SSSR count). The summed E-state index contributed by atoms with van der Waals surface area (Å²) < 4.78 is 12.8. The molecule has 4 heteroatoms. The van der Waals surface area contributed by atoms with Gasteiger partial charge in [0.2, 0.25) is 0 Å². The van der Waals surface area contributed by atoms with Gasteiger partial charge in [-0.3, -0.25) is 0 Å². The van der Waals surface area contributed by atoms with Crippen LogP contribution >= 0.6 is 12.6 Å². The molecule has 2 nitrogen and oxygen atoms in total. The molecule has 0 saturated heterocycles. The quantitative estimate of drug-likeness (QED) is 0.511. The molecule has 0 spiro atoms. The van der Waals surface area contributed by atoms with Crippen molar-refractivity contribution >= 4 is 18.3 Å². The third-order valence-corrected chi connectivity index (χ3v) is 1.87. The van der Waals surface area contributed by atoms with E-state index in [4.69, 9.17) is 0 Å². The zero-order valence-electron chi connectivity index (χ0n) is 5.84. The van der Waals surface area contributed by atoms with E-state index in [-0.39, 0.29) is 5.69 Å². The third kappa shape index (κ3) is 1.57. The molecule has 0 N–H and O–H groups in total. The van der Waals surface area contributed by atoms with Crippen molar-refractivity contribution in [2.45, 2.75) is 11.8 Å². The van der Waals surface area contributed by atoms with Crippen LogP contribution in [0.2, 0.25) is 0 Å². The number of nitroso groups, excluding NO2 is 1. The van der Waals surface area contributed by atoms with Crippen molar-refractivity contribution in [2.24, 2.45) is 5.18 Å². The van der Waals surface area contributed by atoms with Gasteiger partial charge in [0.25, 0.3) is 0 Å². The van der Waals surface area contributed by atoms with Crippen molar-refractivity contribution in [3.05, 3.63) is 28.4 Å². The largest absolute Gasteiger partial charge is 0.207 e. The lowest BCUT2D eigenvalue weighted by atomic mass is 10.2. The van der Waals surface area contributed by atoms with Crippen LogP contribution in [0.25, 0.3) is 0 Å². The molecule has 11 heavy (non-hydrogen) atoms. The molecule has 0 fully saturated rings. The van der Waals surface area contributed by atoms with Crippen LogP contribution in [-0.2, 0) is 0 Å². The van der Waals surface area contributed by atoms with Crippen molar-refractivity contribution in [3.63, 3.8) is 0 Å². The Morgan fingerprint density at radius 3 is 2.64 bits per heavy atom. The molecule has 1 aromatic rings. The maximum atomic E-state index is 12.8. The number of halogens is 1. The van der Waals surface area contributed by atoms with E-state index in [0.717, 1.165) is 6.07 Å². The van der Waals surface area contributed by atoms with Crippen LogP contribution in [0.3, 0.4) is 0 Å². The Morgan fingerprint density at radius 1 is 1.55 bits per heavy atom. The van der Waals surface area contributed by atoms with Crippen LogP contribution in [0, 0.1) is 17.6 Å². The van der Waals surface area contributed by atoms with Crippen LogP contribution < -0.4 is 0 Å². The zero-order chi connectivity index (χ0) is 8.43. The van der Waals surface area contributed by atoms with E-state index in [9.17, 15) is 9.30 Å². The lowest BCUT2D eigenvalue weighted by Crippen LogP contribution is -1.82. The SMILES string of the molecule is Cc1c(F)cc(N=O)cc1S. The summed E-state index contributed by atoms with van der Waals surface area (Å²) in [6, 6.07) is 2.51. The summed E-state index contributed by atoms with van der Waals surface area (Å²) in [5.41, 5.74) is 0.499. The predicted molar refractivity (Wildman–Crippen MR) is 43.8 cm³/mol. The van der Waals surface area contributed by atoms with Gasteiger partial charge in [-0.25, -0.2) is 4.39 Å². The summed E-state index contributed by atoms with van der Waals surface area (Å²) in [5.74, 6) is -0.452. The van der Waals surface area contributed by atoms with Crippen LogP contribution in [-0.4, -0.2) is 0 Å². The smallest absolute Gasteiger partial charge is 0.129 e. The third-order valence-electron chi connectivity index (χ3n) is 1.41. The first-order chi connectivity index (χ1) is 5.15. The number of hydrogen-bond acceptors (Lipinski definition) is 3. The van der Waals surface area contributed by atoms with E-state index in [1.165, 1.54) is 6.07 Å². The highest BCUT2D eigenvalue weighted by Gasteiger charge is 2.03. The fourth-order valence-corrected chi connectivity index (χ4v) is 0.942. The van der Waals surface area contributed by atoms with E-state index < -0.39 is 5.82 Å². The van der Waals surface area contributed by atoms with Crippen molar-refractivity contribution in [2.75, 3.05) is 0 Å². The molecule has 0 saturated carbocycles. The lowest BCUT2D eigenvalue weighted by molar-refractivity contribution is 0.614. The first-order valence-electron chi connectivity index (χ1n) is 2.97. The number of nitrogens with zero attached hydrogens (tertiary/aromatic N) is 1. The Morgan fingerprint density at radius 2 is 2.18 bits per heavy atom. The number of benzene rings is 1. The van der Waals surface area contributed by atoms with E-state index in [1.807, 2.05) is 0 Å². The standard InChI is InChI=1S/C7H6FNOS/c1-4-6(8)2-5(9-10)3-7(4)11/h2-3,11H,1H3. The van der Waals surface area contributed by atoms with Gasteiger partial charge in [-0.1, -0.05) is 0 Å². The monoisotopic (exact) mass is 171 g/mol. The maximum absolute atomic E-state index is 12.8. The topological polar surface area (TPSA) is 29.4 Å². The molecule has 58 valence electrons. The summed E-state index contributed by atoms with van der Waals surface area (Å²) in [6.07, 6.45) is 0. The summed E-state index contributed by atoms with van der Waals surface area (Å²) in [6.45, 7) is 1.59. The molecular formula is C7H6FNOS. The van der Waals surface area contributed by atoms with Crippen LogP contribution in [0.4, 0.5) is 10.1 Å². The van der Waals surface area contributed by atoms with Gasteiger partial charge in [0, 0.05) is 11.0 Å². The van der Waals surface area contributed by atoms with Crippen molar-refractivity contribution < 1.29 is 4.39 Å². The maximum Gasteiger partial charge on any atom is 0.129 e. The number of hydrogen-bond donors (Lipinski definition) is 1. The number of rotatable bonds is 1. The van der Waals surface area contributed by atoms with Crippen molar-refractivity contribution in [1.29, 1.82) is 0 Å². The van der Waals surface area contributed by atoms with Crippen molar-refractivity contribution in [3.8, 4) is 0 Å². The average molecular weight is 171 g/mol. The van der Waals surface area contributed by atoms with Gasteiger partial charge < -0.3 is 0 Å². The summed E-state index contributed by atoms with van der Waals surface area (Å²) >= 11 is 3.95. The fraction of sp³-hybridized carbons (Fsp3) is 0.143. The normalized spacial score (nSPS) is 9.73. The van der Waals surface area contributed by atoms with Gasteiger partial charge in [0.05, 0.1) is 0 Å².